The minimum Gasteiger partial charge on any atom is -0.487 e. The Labute approximate surface area is 207 Å². The largest absolute Gasteiger partial charge is 0.487 e. The molecule has 3 aromatic rings. The number of aromatic nitrogens is 3. The predicted molar refractivity (Wildman–Crippen MR) is 127 cm³/mol. The topological polar surface area (TPSA) is 98.1 Å². The predicted octanol–water partition coefficient (Wildman–Crippen LogP) is 3.99. The molecule has 11 heteroatoms. The Morgan fingerprint density at radius 1 is 1.25 bits per heavy atom. The van der Waals surface area contributed by atoms with Gasteiger partial charge < -0.3 is 19.7 Å². The van der Waals surface area contributed by atoms with Gasteiger partial charge in [-0.15, -0.1) is 0 Å². The number of rotatable bonds is 5. The van der Waals surface area contributed by atoms with Crippen LogP contribution in [0.1, 0.15) is 48.9 Å². The van der Waals surface area contributed by atoms with Gasteiger partial charge in [0.2, 0.25) is 0 Å². The number of nitrogens with one attached hydrogen (secondary N) is 1. The first-order valence-electron chi connectivity index (χ1n) is 11.6. The summed E-state index contributed by atoms with van der Waals surface area (Å²) in [5, 5.41) is 7.02. The van der Waals surface area contributed by atoms with E-state index < -0.39 is 42.5 Å². The smallest absolute Gasteiger partial charge is 0.410 e. The van der Waals surface area contributed by atoms with Gasteiger partial charge in [-0.3, -0.25) is 9.78 Å². The zero-order chi connectivity index (χ0) is 26.1. The maximum Gasteiger partial charge on any atom is 0.410 e. The number of hydrogen-bond acceptors (Lipinski definition) is 6. The molecular weight excluding hydrogens is 472 g/mol. The fourth-order valence-corrected chi connectivity index (χ4v) is 4.07. The molecule has 0 spiro atoms. The zero-order valence-electron chi connectivity index (χ0n) is 20.6. The van der Waals surface area contributed by atoms with Crippen molar-refractivity contribution in [3.63, 3.8) is 0 Å². The van der Waals surface area contributed by atoms with E-state index in [2.05, 4.69) is 15.4 Å². The Hall–Kier alpha value is -3.76. The minimum absolute atomic E-state index is 0.0903. The third-order valence-electron chi connectivity index (χ3n) is 5.52. The molecule has 0 aromatic carbocycles. The highest BCUT2D eigenvalue weighted by Gasteiger charge is 2.44. The van der Waals surface area contributed by atoms with E-state index in [1.54, 1.807) is 52.2 Å². The molecule has 4 heterocycles. The van der Waals surface area contributed by atoms with Gasteiger partial charge in [0.05, 0.1) is 35.1 Å². The van der Waals surface area contributed by atoms with Crippen LogP contribution >= 0.6 is 0 Å². The summed E-state index contributed by atoms with van der Waals surface area (Å²) in [4.78, 5) is 30.8. The quantitative estimate of drug-likeness (QED) is 0.568. The van der Waals surface area contributed by atoms with E-state index in [-0.39, 0.29) is 18.7 Å². The van der Waals surface area contributed by atoms with Crippen molar-refractivity contribution >= 4 is 17.5 Å². The summed E-state index contributed by atoms with van der Waals surface area (Å²) in [6.45, 7) is 6.04. The highest BCUT2D eigenvalue weighted by Crippen LogP contribution is 2.29. The molecule has 1 N–H and O–H groups in total. The van der Waals surface area contributed by atoms with Gasteiger partial charge in [0.15, 0.2) is 0 Å². The van der Waals surface area contributed by atoms with Crippen LogP contribution in [-0.2, 0) is 11.3 Å². The van der Waals surface area contributed by atoms with Crippen LogP contribution in [0.2, 0.25) is 0 Å². The molecule has 1 aliphatic rings. The Bertz CT molecular complexity index is 1260. The fourth-order valence-electron chi connectivity index (χ4n) is 4.07. The highest BCUT2D eigenvalue weighted by atomic mass is 19.3. The third-order valence-corrected chi connectivity index (χ3v) is 5.52. The number of carbonyl (C=O) groups excluding carboxylic acids is 2. The summed E-state index contributed by atoms with van der Waals surface area (Å²) < 4.78 is 41.5. The monoisotopic (exact) mass is 501 g/mol. The van der Waals surface area contributed by atoms with Gasteiger partial charge in [-0.2, -0.15) is 5.10 Å². The molecule has 0 saturated carbocycles. The molecule has 2 amide bonds. The molecule has 1 fully saturated rings. The lowest BCUT2D eigenvalue weighted by molar-refractivity contribution is -0.0773. The van der Waals surface area contributed by atoms with E-state index in [0.717, 1.165) is 10.6 Å². The number of likely N-dealkylation sites (tertiary alicyclic amines) is 1. The van der Waals surface area contributed by atoms with E-state index in [1.807, 2.05) is 18.2 Å². The zero-order valence-corrected chi connectivity index (χ0v) is 20.6. The molecule has 192 valence electrons. The maximum atomic E-state index is 14.5. The number of nitrogens with zero attached hydrogens (tertiary/aromatic N) is 4. The molecule has 36 heavy (non-hydrogen) atoms. The van der Waals surface area contributed by atoms with Crippen LogP contribution in [0.4, 0.5) is 13.6 Å². The van der Waals surface area contributed by atoms with Crippen LogP contribution in [0, 0.1) is 6.92 Å². The van der Waals surface area contributed by atoms with E-state index in [4.69, 9.17) is 9.47 Å². The van der Waals surface area contributed by atoms with Gasteiger partial charge in [0.25, 0.3) is 11.8 Å². The second-order valence-corrected chi connectivity index (χ2v) is 9.85. The highest BCUT2D eigenvalue weighted by molar-refractivity contribution is 6.02. The Morgan fingerprint density at radius 3 is 2.72 bits per heavy atom. The van der Waals surface area contributed by atoms with Crippen LogP contribution in [0.15, 0.2) is 42.7 Å². The van der Waals surface area contributed by atoms with Gasteiger partial charge in [0, 0.05) is 31.4 Å². The van der Waals surface area contributed by atoms with E-state index in [0.29, 0.717) is 17.0 Å². The minimum atomic E-state index is -3.17. The van der Waals surface area contributed by atoms with Gasteiger partial charge >= 0.3 is 6.09 Å². The number of fused-ring (bicyclic) bond motifs is 1. The number of hydrogen-bond donors (Lipinski definition) is 1. The standard InChI is InChI=1S/C25H29F2N5O4/c1-16-21(20-11-19(8-10-32(20)30-16)35-14-17-7-5-6-9-28-17)22(33)29-18-12-25(26,27)15-31(13-18)23(34)36-24(2,3)4/h5-11,18H,12-15H2,1-4H3,(H,29,33). The number of aryl methyl sites for hydroxylation is 1. The average molecular weight is 502 g/mol. The second kappa shape index (κ2) is 9.71. The van der Waals surface area contributed by atoms with Crippen molar-refractivity contribution in [3.8, 4) is 5.75 Å². The maximum absolute atomic E-state index is 14.5. The number of halogens is 2. The fraction of sp³-hybridized carbons (Fsp3) is 0.440. The van der Waals surface area contributed by atoms with Gasteiger partial charge in [-0.05, 0) is 45.9 Å². The van der Waals surface area contributed by atoms with Crippen molar-refractivity contribution in [2.75, 3.05) is 13.1 Å². The summed E-state index contributed by atoms with van der Waals surface area (Å²) in [5.74, 6) is -3.23. The number of amides is 2. The van der Waals surface area contributed by atoms with Gasteiger partial charge in [-0.1, -0.05) is 6.07 Å². The van der Waals surface area contributed by atoms with E-state index >= 15 is 0 Å². The Morgan fingerprint density at radius 2 is 2.03 bits per heavy atom. The van der Waals surface area contributed by atoms with Gasteiger partial charge in [0.1, 0.15) is 18.0 Å². The lowest BCUT2D eigenvalue weighted by atomic mass is 10.0. The first-order valence-corrected chi connectivity index (χ1v) is 11.6. The Balaban J connectivity index is 1.51. The molecular formula is C25H29F2N5O4. The molecule has 9 nitrogen and oxygen atoms in total. The van der Waals surface area contributed by atoms with Crippen molar-refractivity contribution in [2.24, 2.45) is 0 Å². The molecule has 1 saturated heterocycles. The van der Waals surface area contributed by atoms with E-state index in [1.165, 1.54) is 4.52 Å². The number of pyridine rings is 2. The van der Waals surface area contributed by atoms with Crippen molar-refractivity contribution < 1.29 is 27.8 Å². The molecule has 0 radical (unpaired) electrons. The molecule has 1 atom stereocenters. The van der Waals surface area contributed by atoms with Crippen molar-refractivity contribution in [1.29, 1.82) is 0 Å². The molecule has 3 aromatic heterocycles. The van der Waals surface area contributed by atoms with Crippen LogP contribution in [0.5, 0.6) is 5.75 Å². The van der Waals surface area contributed by atoms with Crippen molar-refractivity contribution in [3.05, 3.63) is 59.7 Å². The lowest BCUT2D eigenvalue weighted by Gasteiger charge is -2.38. The summed E-state index contributed by atoms with van der Waals surface area (Å²) >= 11 is 0. The van der Waals surface area contributed by atoms with Gasteiger partial charge in [-0.25, -0.2) is 18.1 Å². The van der Waals surface area contributed by atoms with Crippen molar-refractivity contribution in [1.82, 2.24) is 24.8 Å². The number of carbonyl (C=O) groups is 2. The SMILES string of the molecule is Cc1nn2ccc(OCc3ccccn3)cc2c1C(=O)NC1CN(C(=O)OC(C)(C)C)CC(F)(F)C1. The molecule has 4 rings (SSSR count). The Kier molecular flexibility index (Phi) is 6.83. The number of alkyl halides is 2. The molecule has 0 aliphatic carbocycles. The number of piperidine rings is 1. The first kappa shape index (κ1) is 25.3. The summed E-state index contributed by atoms with van der Waals surface area (Å²) in [5.41, 5.74) is 1.06. The molecule has 1 aliphatic heterocycles. The van der Waals surface area contributed by atoms with E-state index in [9.17, 15) is 18.4 Å². The summed E-state index contributed by atoms with van der Waals surface area (Å²) in [6, 6.07) is 7.92. The van der Waals surface area contributed by atoms with Crippen LogP contribution in [-0.4, -0.2) is 62.2 Å². The third kappa shape index (κ3) is 6.07. The molecule has 1 unspecified atom stereocenters. The van der Waals surface area contributed by atoms with Crippen LogP contribution in [0.25, 0.3) is 5.52 Å². The average Bonchev–Trinajstić information content (AvgIpc) is 3.11. The van der Waals surface area contributed by atoms with Crippen molar-refractivity contribution in [2.45, 2.75) is 58.3 Å². The molecule has 0 bridgehead atoms. The summed E-state index contributed by atoms with van der Waals surface area (Å²) in [6.07, 6.45) is 1.90. The normalized spacial score (nSPS) is 17.6. The summed E-state index contributed by atoms with van der Waals surface area (Å²) in [7, 11) is 0. The first-order chi connectivity index (χ1) is 16.9. The van der Waals surface area contributed by atoms with Crippen LogP contribution < -0.4 is 10.1 Å². The second-order valence-electron chi connectivity index (χ2n) is 9.85. The van der Waals surface area contributed by atoms with Crippen LogP contribution in [0.3, 0.4) is 0 Å². The lowest BCUT2D eigenvalue weighted by Crippen LogP contribution is -2.57. The number of ether oxygens (including phenoxy) is 2.